The summed E-state index contributed by atoms with van der Waals surface area (Å²) in [6.45, 7) is 4.52. The maximum Gasteiger partial charge on any atom is 0.335 e. The first-order chi connectivity index (χ1) is 21.4. The molecule has 7 heteroatoms. The quantitative estimate of drug-likeness (QED) is 0.287. The Kier molecular flexibility index (Phi) is 7.84. The number of anilines is 1. The molecule has 1 N–H and O–H groups in total. The Hall–Kier alpha value is -3.47. The highest BCUT2D eigenvalue weighted by Crippen LogP contribution is 2.61. The highest BCUT2D eigenvalue weighted by molar-refractivity contribution is 7.76. The van der Waals surface area contributed by atoms with Crippen LogP contribution in [0.3, 0.4) is 0 Å². The van der Waals surface area contributed by atoms with Crippen molar-refractivity contribution in [2.45, 2.75) is 50.3 Å². The van der Waals surface area contributed by atoms with Gasteiger partial charge >= 0.3 is 11.9 Å². The van der Waals surface area contributed by atoms with E-state index in [1.807, 2.05) is 6.07 Å². The predicted molar refractivity (Wildman–Crippen MR) is 174 cm³/mol. The van der Waals surface area contributed by atoms with Crippen molar-refractivity contribution in [3.8, 4) is 0 Å². The van der Waals surface area contributed by atoms with E-state index in [9.17, 15) is 9.59 Å². The van der Waals surface area contributed by atoms with Crippen molar-refractivity contribution in [3.63, 3.8) is 0 Å². The molecule has 2 fully saturated rings. The zero-order valence-corrected chi connectivity index (χ0v) is 26.1. The van der Waals surface area contributed by atoms with Crippen LogP contribution in [0.2, 0.25) is 0 Å². The smallest absolute Gasteiger partial charge is 0.335 e. The van der Waals surface area contributed by atoms with Crippen molar-refractivity contribution in [2.24, 2.45) is 0 Å². The van der Waals surface area contributed by atoms with Gasteiger partial charge in [-0.2, -0.15) is 0 Å². The maximum atomic E-state index is 13.2. The molecule has 4 atom stereocenters. The number of fused-ring (bicyclic) bond motifs is 1. The lowest BCUT2D eigenvalue weighted by molar-refractivity contribution is -0.152. The maximum absolute atomic E-state index is 13.2. The largest absolute Gasteiger partial charge is 0.466 e. The molecular formula is C37H36N2O4P. The Balaban J connectivity index is 1.31. The van der Waals surface area contributed by atoms with Gasteiger partial charge in [0.25, 0.3) is 0 Å². The van der Waals surface area contributed by atoms with Crippen molar-refractivity contribution in [2.75, 3.05) is 19.0 Å². The van der Waals surface area contributed by atoms with Crippen molar-refractivity contribution in [3.05, 3.63) is 133 Å². The third-order valence-electron chi connectivity index (χ3n) is 9.59. The summed E-state index contributed by atoms with van der Waals surface area (Å²) >= 11 is 0. The number of hydrogen-bond acceptors (Lipinski definition) is 6. The van der Waals surface area contributed by atoms with Gasteiger partial charge in [-0.3, -0.25) is 9.69 Å². The second-order valence-corrected chi connectivity index (χ2v) is 14.0. The summed E-state index contributed by atoms with van der Waals surface area (Å²) in [7, 11) is 0.623. The highest BCUT2D eigenvalue weighted by Gasteiger charge is 2.63. The molecule has 6 nitrogen and oxygen atoms in total. The number of benzene rings is 3. The molecule has 3 aromatic carbocycles. The molecular weight excluding hydrogens is 567 g/mol. The van der Waals surface area contributed by atoms with E-state index in [4.69, 9.17) is 9.47 Å². The zero-order chi connectivity index (χ0) is 30.4. The van der Waals surface area contributed by atoms with Gasteiger partial charge in [0.15, 0.2) is 0 Å². The van der Waals surface area contributed by atoms with Crippen molar-refractivity contribution in [1.29, 1.82) is 0 Å². The van der Waals surface area contributed by atoms with E-state index in [1.165, 1.54) is 36.2 Å². The Morgan fingerprint density at radius 3 is 2.27 bits per heavy atom. The number of rotatable bonds is 7. The second kappa shape index (κ2) is 11.8. The molecule has 7 rings (SSSR count). The van der Waals surface area contributed by atoms with Gasteiger partial charge in [0.2, 0.25) is 0 Å². The monoisotopic (exact) mass is 603 g/mol. The van der Waals surface area contributed by atoms with Crippen LogP contribution in [0.1, 0.15) is 32.3 Å². The fraction of sp³-hybridized carbons (Fsp3) is 0.270. The SMILES string of the molecule is COC(=O)C1=C2Nc3ccccc3[C@@]23CCN([C@H](C)[C]2[CH][CH][CH][C]2P(c2ccccc2)c2ccccc2)[C@H]3[C@H](OC(C)=O)C1. The second-order valence-electron chi connectivity index (χ2n) is 11.8. The van der Waals surface area contributed by atoms with E-state index in [2.05, 4.69) is 115 Å². The topological polar surface area (TPSA) is 67.9 Å². The van der Waals surface area contributed by atoms with Gasteiger partial charge in [0.05, 0.1) is 24.1 Å². The number of carbonyl (C=O) groups excluding carboxylic acids is 2. The van der Waals surface area contributed by atoms with Crippen LogP contribution in [0, 0.1) is 30.8 Å². The molecule has 1 saturated carbocycles. The lowest BCUT2D eigenvalue weighted by Crippen LogP contribution is -2.58. The van der Waals surface area contributed by atoms with Crippen molar-refractivity contribution < 1.29 is 19.1 Å². The van der Waals surface area contributed by atoms with E-state index >= 15 is 0 Å². The van der Waals surface area contributed by atoms with Crippen LogP contribution in [-0.4, -0.2) is 48.7 Å². The minimum atomic E-state index is -0.789. The van der Waals surface area contributed by atoms with Crippen LogP contribution in [0.4, 0.5) is 5.69 Å². The fourth-order valence-corrected chi connectivity index (χ4v) is 10.4. The van der Waals surface area contributed by atoms with Gasteiger partial charge in [-0.25, -0.2) is 4.79 Å². The normalized spacial score (nSPS) is 25.7. The van der Waals surface area contributed by atoms with Crippen LogP contribution in [0.5, 0.6) is 0 Å². The molecule has 5 radical (unpaired) electrons. The Morgan fingerprint density at radius 2 is 1.61 bits per heavy atom. The summed E-state index contributed by atoms with van der Waals surface area (Å²) in [5, 5.41) is 6.24. The van der Waals surface area contributed by atoms with Crippen LogP contribution >= 0.6 is 7.92 Å². The van der Waals surface area contributed by atoms with Crippen LogP contribution in [-0.2, 0) is 24.5 Å². The van der Waals surface area contributed by atoms with Gasteiger partial charge in [-0.15, -0.1) is 0 Å². The molecule has 0 amide bonds. The number of methoxy groups -OCH3 is 1. The van der Waals surface area contributed by atoms with E-state index in [0.29, 0.717) is 12.0 Å². The van der Waals surface area contributed by atoms with Crippen molar-refractivity contribution in [1.82, 2.24) is 4.90 Å². The van der Waals surface area contributed by atoms with Crippen LogP contribution in [0.15, 0.2) is 96.2 Å². The van der Waals surface area contributed by atoms with E-state index < -0.39 is 19.4 Å². The molecule has 223 valence electrons. The van der Waals surface area contributed by atoms with Gasteiger partial charge < -0.3 is 14.8 Å². The summed E-state index contributed by atoms with van der Waals surface area (Å²) in [5.74, 6) is 0.560. The molecule has 2 heterocycles. The summed E-state index contributed by atoms with van der Waals surface area (Å²) < 4.78 is 11.4. The molecule has 44 heavy (non-hydrogen) atoms. The number of para-hydroxylation sites is 1. The molecule has 1 spiro atoms. The predicted octanol–water partition coefficient (Wildman–Crippen LogP) is 5.44. The minimum absolute atomic E-state index is 0.0357. The first-order valence-electron chi connectivity index (χ1n) is 15.2. The van der Waals surface area contributed by atoms with Crippen LogP contribution in [0.25, 0.3) is 0 Å². The Bertz CT molecular complexity index is 1540. The fourth-order valence-electron chi connectivity index (χ4n) is 7.90. The number of ether oxygens (including phenoxy) is 2. The molecule has 0 bridgehead atoms. The minimum Gasteiger partial charge on any atom is -0.466 e. The Labute approximate surface area is 261 Å². The third kappa shape index (κ3) is 4.69. The lowest BCUT2D eigenvalue weighted by atomic mass is 9.66. The van der Waals surface area contributed by atoms with Gasteiger partial charge in [-0.05, 0) is 62.8 Å². The van der Waals surface area contributed by atoms with E-state index in [-0.39, 0.29) is 24.0 Å². The van der Waals surface area contributed by atoms with Crippen molar-refractivity contribution >= 4 is 36.2 Å². The number of nitrogens with one attached hydrogen (secondary N) is 1. The molecule has 2 aliphatic carbocycles. The molecule has 0 unspecified atom stereocenters. The third-order valence-corrected chi connectivity index (χ3v) is 12.1. The van der Waals surface area contributed by atoms with Gasteiger partial charge in [-0.1, -0.05) is 78.9 Å². The highest BCUT2D eigenvalue weighted by atomic mass is 31.1. The number of carbonyl (C=O) groups is 2. The first kappa shape index (κ1) is 29.3. The number of esters is 2. The first-order valence-corrected chi connectivity index (χ1v) is 16.6. The zero-order valence-electron chi connectivity index (χ0n) is 25.2. The average Bonchev–Trinajstić information content (AvgIpc) is 3.77. The standard InChI is InChI=1S/C37H36N2O4P/c1-24(28-17-12-20-33(28)44(26-13-6-4-7-14-26)27-15-8-5-9-16-27)39-22-21-37-30-18-10-11-19-31(30)38-34(37)29(36(41)42-3)23-32(35(37)39)43-25(2)40/h4-20,24,32,35,38H,21-23H2,1-3H3/t24-,32-,35+,37+/m1/s1. The number of nitrogens with zero attached hydrogens (tertiary/aromatic N) is 1. The summed E-state index contributed by atoms with van der Waals surface area (Å²) in [5.41, 5.74) is 4.41. The summed E-state index contributed by atoms with van der Waals surface area (Å²) in [4.78, 5) is 28.3. The van der Waals surface area contributed by atoms with Gasteiger partial charge in [0, 0.05) is 48.9 Å². The van der Waals surface area contributed by atoms with E-state index in [0.717, 1.165) is 29.9 Å². The molecule has 2 aliphatic heterocycles. The number of hydrogen-bond donors (Lipinski definition) is 1. The number of likely N-dealkylation sites (tertiary alicyclic amines) is 1. The average molecular weight is 604 g/mol. The summed E-state index contributed by atoms with van der Waals surface area (Å²) in [6.07, 6.45) is 7.29. The summed E-state index contributed by atoms with van der Waals surface area (Å²) in [6, 6.07) is 29.7. The molecule has 1 saturated heterocycles. The Morgan fingerprint density at radius 1 is 0.955 bits per heavy atom. The van der Waals surface area contributed by atoms with Crippen LogP contribution < -0.4 is 15.9 Å². The molecule has 0 aromatic heterocycles. The molecule has 3 aromatic rings. The van der Waals surface area contributed by atoms with Gasteiger partial charge in [0.1, 0.15) is 6.10 Å². The molecule has 4 aliphatic rings. The lowest BCUT2D eigenvalue weighted by Gasteiger charge is -2.47. The van der Waals surface area contributed by atoms with E-state index in [1.54, 1.807) is 0 Å².